The molecular formula is C19H34BN. The first-order chi connectivity index (χ1) is 10.4. The van der Waals surface area contributed by atoms with Crippen LogP contribution in [-0.4, -0.2) is 12.8 Å². The number of aromatic nitrogens is 1. The summed E-state index contributed by atoms with van der Waals surface area (Å²) in [5.41, 5.74) is 0. The first-order valence-electron chi connectivity index (χ1n) is 9.28. The van der Waals surface area contributed by atoms with Gasteiger partial charge in [-0.3, -0.25) is 4.98 Å². The normalized spacial score (nSPS) is 18.7. The van der Waals surface area contributed by atoms with Crippen LogP contribution < -0.4 is 0 Å². The van der Waals surface area contributed by atoms with E-state index in [0.29, 0.717) is 0 Å². The summed E-state index contributed by atoms with van der Waals surface area (Å²) in [7, 11) is 2.34. The Balaban J connectivity index is 0.000000304. The third-order valence-electron chi connectivity index (χ3n) is 4.49. The van der Waals surface area contributed by atoms with Crippen LogP contribution in [0.25, 0.3) is 0 Å². The lowest BCUT2D eigenvalue weighted by atomic mass is 9.85. The van der Waals surface area contributed by atoms with Crippen LogP contribution in [0.2, 0.25) is 6.32 Å². The van der Waals surface area contributed by atoms with E-state index in [0.717, 1.165) is 5.92 Å². The van der Waals surface area contributed by atoms with Gasteiger partial charge in [0, 0.05) is 12.4 Å². The molecule has 0 atom stereocenters. The lowest BCUT2D eigenvalue weighted by Gasteiger charge is -2.16. The smallest absolute Gasteiger partial charge is 0.101 e. The zero-order valence-corrected chi connectivity index (χ0v) is 14.1. The van der Waals surface area contributed by atoms with Gasteiger partial charge in [-0.15, -0.1) is 0 Å². The molecule has 1 nitrogen and oxygen atoms in total. The molecule has 0 N–H and O–H groups in total. The zero-order chi connectivity index (χ0) is 15.0. The molecule has 1 heterocycles. The van der Waals surface area contributed by atoms with E-state index in [-0.39, 0.29) is 0 Å². The Bertz CT molecular complexity index is 263. The van der Waals surface area contributed by atoms with E-state index in [1.165, 1.54) is 83.4 Å². The second kappa shape index (κ2) is 14.2. The third-order valence-corrected chi connectivity index (χ3v) is 4.49. The summed E-state index contributed by atoms with van der Waals surface area (Å²) in [5, 5.41) is 0. The van der Waals surface area contributed by atoms with Gasteiger partial charge in [-0.1, -0.05) is 89.4 Å². The monoisotopic (exact) mass is 287 g/mol. The molecule has 1 aromatic rings. The summed E-state index contributed by atoms with van der Waals surface area (Å²) in [6.07, 6.45) is 22.9. The van der Waals surface area contributed by atoms with Gasteiger partial charge in [-0.05, 0) is 18.1 Å². The van der Waals surface area contributed by atoms with Gasteiger partial charge < -0.3 is 0 Å². The minimum absolute atomic E-state index is 1.06. The van der Waals surface area contributed by atoms with Gasteiger partial charge in [0.2, 0.25) is 0 Å². The second-order valence-electron chi connectivity index (χ2n) is 6.44. The summed E-state index contributed by atoms with van der Waals surface area (Å²) >= 11 is 0. The van der Waals surface area contributed by atoms with Gasteiger partial charge in [0.25, 0.3) is 0 Å². The van der Waals surface area contributed by atoms with E-state index < -0.39 is 0 Å². The fourth-order valence-corrected chi connectivity index (χ4v) is 3.26. The van der Waals surface area contributed by atoms with Crippen LogP contribution in [0.5, 0.6) is 0 Å². The molecule has 0 saturated heterocycles. The minimum atomic E-state index is 1.06. The zero-order valence-electron chi connectivity index (χ0n) is 14.1. The minimum Gasteiger partial charge on any atom is -0.265 e. The van der Waals surface area contributed by atoms with Crippen molar-refractivity contribution in [3.8, 4) is 0 Å². The van der Waals surface area contributed by atoms with Crippen LogP contribution in [-0.2, 0) is 0 Å². The van der Waals surface area contributed by atoms with Crippen LogP contribution in [0, 0.1) is 5.92 Å². The number of hydrogen-bond acceptors (Lipinski definition) is 1. The van der Waals surface area contributed by atoms with Crippen LogP contribution in [0.4, 0.5) is 0 Å². The molecule has 1 fully saturated rings. The molecule has 0 unspecified atom stereocenters. The lowest BCUT2D eigenvalue weighted by molar-refractivity contribution is 0.385. The van der Waals surface area contributed by atoms with Gasteiger partial charge in [-0.2, -0.15) is 0 Å². The van der Waals surface area contributed by atoms with Crippen molar-refractivity contribution in [2.75, 3.05) is 0 Å². The summed E-state index contributed by atoms with van der Waals surface area (Å²) in [4.78, 5) is 3.78. The SMILES string of the molecule is BCCC1CCCCCCCCCCC1.c1ccncc1. The van der Waals surface area contributed by atoms with E-state index in [1.807, 2.05) is 18.2 Å². The molecule has 1 aliphatic rings. The maximum atomic E-state index is 3.78. The average Bonchev–Trinajstić information content (AvgIpc) is 2.52. The quantitative estimate of drug-likeness (QED) is 0.661. The molecule has 2 rings (SSSR count). The van der Waals surface area contributed by atoms with Gasteiger partial charge in [0.05, 0.1) is 0 Å². The van der Waals surface area contributed by atoms with Gasteiger partial charge in [0.1, 0.15) is 7.85 Å². The van der Waals surface area contributed by atoms with Crippen molar-refractivity contribution in [2.45, 2.75) is 83.4 Å². The van der Waals surface area contributed by atoms with Gasteiger partial charge >= 0.3 is 0 Å². The van der Waals surface area contributed by atoms with Crippen molar-refractivity contribution < 1.29 is 0 Å². The average molecular weight is 287 g/mol. The van der Waals surface area contributed by atoms with E-state index in [1.54, 1.807) is 12.4 Å². The fourth-order valence-electron chi connectivity index (χ4n) is 3.26. The highest BCUT2D eigenvalue weighted by Crippen LogP contribution is 2.24. The van der Waals surface area contributed by atoms with Crippen molar-refractivity contribution >= 4 is 7.85 Å². The Hall–Kier alpha value is -0.785. The highest BCUT2D eigenvalue weighted by atomic mass is 14.6. The van der Waals surface area contributed by atoms with Crippen LogP contribution in [0.1, 0.15) is 77.0 Å². The molecule has 1 aromatic heterocycles. The second-order valence-corrected chi connectivity index (χ2v) is 6.44. The summed E-state index contributed by atoms with van der Waals surface area (Å²) in [5.74, 6) is 1.06. The Morgan fingerprint density at radius 1 is 0.714 bits per heavy atom. The van der Waals surface area contributed by atoms with Crippen molar-refractivity contribution in [3.63, 3.8) is 0 Å². The third kappa shape index (κ3) is 11.5. The fraction of sp³-hybridized carbons (Fsp3) is 0.737. The van der Waals surface area contributed by atoms with Crippen LogP contribution in [0.15, 0.2) is 30.6 Å². The standard InChI is InChI=1S/C14H29B.C5H5N/c15-13-12-14-10-8-6-4-2-1-3-5-7-9-11-14;1-2-4-6-5-3-1/h14H,1-13,15H2;1-5H. The molecule has 1 aliphatic carbocycles. The predicted octanol–water partition coefficient (Wildman–Crippen LogP) is 5.43. The molecule has 0 bridgehead atoms. The number of rotatable bonds is 2. The number of hydrogen-bond donors (Lipinski definition) is 0. The Morgan fingerprint density at radius 3 is 1.52 bits per heavy atom. The van der Waals surface area contributed by atoms with Crippen molar-refractivity contribution in [1.29, 1.82) is 0 Å². The van der Waals surface area contributed by atoms with E-state index in [9.17, 15) is 0 Å². The van der Waals surface area contributed by atoms with E-state index in [2.05, 4.69) is 12.8 Å². The van der Waals surface area contributed by atoms with Crippen LogP contribution in [0.3, 0.4) is 0 Å². The Labute approximate surface area is 133 Å². The largest absolute Gasteiger partial charge is 0.265 e. The van der Waals surface area contributed by atoms with Gasteiger partial charge in [0.15, 0.2) is 0 Å². The molecule has 1 saturated carbocycles. The van der Waals surface area contributed by atoms with E-state index >= 15 is 0 Å². The van der Waals surface area contributed by atoms with Gasteiger partial charge in [-0.25, -0.2) is 0 Å². The number of nitrogens with zero attached hydrogens (tertiary/aromatic N) is 1. The lowest BCUT2D eigenvalue weighted by Crippen LogP contribution is -2.01. The Morgan fingerprint density at radius 2 is 1.19 bits per heavy atom. The first-order valence-corrected chi connectivity index (χ1v) is 9.28. The first kappa shape index (κ1) is 18.3. The molecule has 0 amide bonds. The summed E-state index contributed by atoms with van der Waals surface area (Å²) in [6.45, 7) is 0. The maximum absolute atomic E-state index is 3.78. The predicted molar refractivity (Wildman–Crippen MR) is 96.5 cm³/mol. The molecule has 21 heavy (non-hydrogen) atoms. The molecule has 2 heteroatoms. The molecular weight excluding hydrogens is 253 g/mol. The van der Waals surface area contributed by atoms with Crippen molar-refractivity contribution in [2.24, 2.45) is 5.92 Å². The Kier molecular flexibility index (Phi) is 12.3. The molecule has 0 radical (unpaired) electrons. The van der Waals surface area contributed by atoms with Crippen LogP contribution >= 0.6 is 0 Å². The highest BCUT2D eigenvalue weighted by Gasteiger charge is 2.07. The summed E-state index contributed by atoms with van der Waals surface area (Å²) < 4.78 is 0. The molecule has 0 aliphatic heterocycles. The molecule has 118 valence electrons. The topological polar surface area (TPSA) is 12.9 Å². The highest BCUT2D eigenvalue weighted by molar-refractivity contribution is 6.08. The summed E-state index contributed by atoms with van der Waals surface area (Å²) in [6, 6.07) is 5.72. The molecule has 0 spiro atoms. The maximum Gasteiger partial charge on any atom is 0.101 e. The van der Waals surface area contributed by atoms with E-state index in [4.69, 9.17) is 0 Å². The molecule has 0 aromatic carbocycles. The number of pyridine rings is 1. The van der Waals surface area contributed by atoms with Crippen molar-refractivity contribution in [3.05, 3.63) is 30.6 Å². The van der Waals surface area contributed by atoms with Crippen molar-refractivity contribution in [1.82, 2.24) is 4.98 Å².